The van der Waals surface area contributed by atoms with Gasteiger partial charge < -0.3 is 14.4 Å². The maximum atomic E-state index is 11.5. The largest absolute Gasteiger partial charge is 0.434 e. The first-order chi connectivity index (χ1) is 10.9. The van der Waals surface area contributed by atoms with E-state index >= 15 is 0 Å². The number of nitrogens with zero attached hydrogens (tertiary/aromatic N) is 2. The zero-order chi connectivity index (χ0) is 17.7. The van der Waals surface area contributed by atoms with Gasteiger partial charge in [-0.05, 0) is 57.2 Å². The van der Waals surface area contributed by atoms with Gasteiger partial charge in [0.1, 0.15) is 5.04 Å². The highest BCUT2D eigenvalue weighted by Gasteiger charge is 2.28. The molecule has 11 heteroatoms. The molecule has 0 aromatic heterocycles. The van der Waals surface area contributed by atoms with Crippen molar-refractivity contribution in [2.45, 2.75) is 34.1 Å². The quantitative estimate of drug-likeness (QED) is 0.105. The Morgan fingerprint density at radius 2 is 1.91 bits per heavy atom. The molecule has 0 radical (unpaired) electrons. The minimum atomic E-state index is -2.54. The first-order valence-corrected chi connectivity index (χ1v) is 12.0. The Morgan fingerprint density at radius 3 is 2.39 bits per heavy atom. The van der Waals surface area contributed by atoms with E-state index in [0.717, 1.165) is 6.42 Å². The van der Waals surface area contributed by atoms with Gasteiger partial charge in [-0.3, -0.25) is 4.84 Å². The lowest BCUT2D eigenvalue weighted by atomic mass is 10.5. The van der Waals surface area contributed by atoms with Crippen molar-refractivity contribution in [3.63, 3.8) is 0 Å². The van der Waals surface area contributed by atoms with Crippen LogP contribution in [0.1, 0.15) is 34.1 Å². The molecule has 0 aromatic rings. The lowest BCUT2D eigenvalue weighted by Gasteiger charge is -2.31. The molecule has 0 heterocycles. The zero-order valence-corrected chi connectivity index (χ0v) is 17.6. The Balaban J connectivity index is 4.53. The van der Waals surface area contributed by atoms with Crippen molar-refractivity contribution in [3.05, 3.63) is 0 Å². The van der Waals surface area contributed by atoms with Crippen LogP contribution in [-0.4, -0.2) is 47.1 Å². The number of oxime groups is 1. The molecule has 7 nitrogen and oxygen atoms in total. The number of carbonyl (C=O) groups excluding carboxylic acids is 1. The fourth-order valence-electron chi connectivity index (χ4n) is 1.28. The standard InChI is InChI=1S/C12H26N3O4PS3/c1-6-9-15(20(21,17-7-2)18-8-3)23-10-13-12(16)19-14-11(4)22-5/h6-10H2,1-5H3,(H,13,16)/b14-11+. The van der Waals surface area contributed by atoms with E-state index in [1.54, 1.807) is 6.92 Å². The Hall–Kier alpha value is 0.170. The average molecular weight is 404 g/mol. The van der Waals surface area contributed by atoms with Crippen molar-refractivity contribution < 1.29 is 18.7 Å². The van der Waals surface area contributed by atoms with Gasteiger partial charge in [-0.2, -0.15) is 4.08 Å². The van der Waals surface area contributed by atoms with Crippen LogP contribution in [0, 0.1) is 0 Å². The molecular weight excluding hydrogens is 377 g/mol. The summed E-state index contributed by atoms with van der Waals surface area (Å²) in [6.07, 6.45) is 2.14. The Labute approximate surface area is 152 Å². The fourth-order valence-corrected chi connectivity index (χ4v) is 5.79. The van der Waals surface area contributed by atoms with Gasteiger partial charge in [-0.25, -0.2) is 4.79 Å². The van der Waals surface area contributed by atoms with Crippen molar-refractivity contribution >= 4 is 53.3 Å². The van der Waals surface area contributed by atoms with Crippen LogP contribution in [0.15, 0.2) is 5.16 Å². The highest BCUT2D eigenvalue weighted by Crippen LogP contribution is 2.55. The van der Waals surface area contributed by atoms with E-state index in [4.69, 9.17) is 25.7 Å². The van der Waals surface area contributed by atoms with Crippen molar-refractivity contribution in [3.8, 4) is 0 Å². The number of thioether (sulfide) groups is 1. The Bertz CT molecular complexity index is 416. The summed E-state index contributed by atoms with van der Waals surface area (Å²) >= 11 is 8.34. The van der Waals surface area contributed by atoms with Gasteiger partial charge in [0.05, 0.1) is 19.1 Å². The van der Waals surface area contributed by atoms with Crippen LogP contribution in [0.25, 0.3) is 0 Å². The van der Waals surface area contributed by atoms with Gasteiger partial charge in [0.2, 0.25) is 0 Å². The van der Waals surface area contributed by atoms with E-state index in [2.05, 4.69) is 10.5 Å². The second kappa shape index (κ2) is 13.5. The zero-order valence-electron chi connectivity index (χ0n) is 14.2. The number of carbonyl (C=O) groups is 1. The fraction of sp³-hybridized carbons (Fsp3) is 0.833. The first kappa shape index (κ1) is 23.2. The van der Waals surface area contributed by atoms with E-state index < -0.39 is 12.7 Å². The van der Waals surface area contributed by atoms with E-state index in [9.17, 15) is 4.79 Å². The first-order valence-electron chi connectivity index (χ1n) is 7.26. The molecule has 0 aromatic carbocycles. The molecule has 0 spiro atoms. The molecule has 0 unspecified atom stereocenters. The topological polar surface area (TPSA) is 72.4 Å². The summed E-state index contributed by atoms with van der Waals surface area (Å²) in [6.45, 7) is 6.72. The molecule has 1 amide bonds. The minimum Gasteiger partial charge on any atom is -0.318 e. The summed E-state index contributed by atoms with van der Waals surface area (Å²) in [5.41, 5.74) is 0. The van der Waals surface area contributed by atoms with Gasteiger partial charge in [-0.1, -0.05) is 12.1 Å². The van der Waals surface area contributed by atoms with Crippen molar-refractivity contribution in [1.29, 1.82) is 0 Å². The van der Waals surface area contributed by atoms with Crippen LogP contribution in [0.3, 0.4) is 0 Å². The summed E-state index contributed by atoms with van der Waals surface area (Å²) in [4.78, 5) is 16.3. The third-order valence-electron chi connectivity index (χ3n) is 2.26. The second-order valence-corrected chi connectivity index (χ2v) is 9.60. The molecular formula is C12H26N3O4PS3. The predicted octanol–water partition coefficient (Wildman–Crippen LogP) is 4.02. The molecule has 0 saturated heterocycles. The molecule has 0 aliphatic carbocycles. The number of hydrogen-bond acceptors (Lipinski definition) is 8. The highest BCUT2D eigenvalue weighted by molar-refractivity contribution is 8.15. The maximum Gasteiger partial charge on any atom is 0.434 e. The number of amides is 1. The maximum absolute atomic E-state index is 11.5. The molecule has 23 heavy (non-hydrogen) atoms. The van der Waals surface area contributed by atoms with Crippen LogP contribution in [0.4, 0.5) is 4.79 Å². The molecule has 1 N–H and O–H groups in total. The van der Waals surface area contributed by atoms with Gasteiger partial charge in [-0.15, -0.1) is 11.8 Å². The smallest absolute Gasteiger partial charge is 0.318 e. The molecule has 0 bridgehead atoms. The van der Waals surface area contributed by atoms with E-state index in [-0.39, 0.29) is 0 Å². The number of hydrogen-bond donors (Lipinski definition) is 1. The van der Waals surface area contributed by atoms with E-state index in [1.165, 1.54) is 23.7 Å². The molecule has 136 valence electrons. The van der Waals surface area contributed by atoms with Crippen molar-refractivity contribution in [1.82, 2.24) is 9.39 Å². The molecule has 0 atom stereocenters. The Morgan fingerprint density at radius 1 is 1.30 bits per heavy atom. The number of nitrogens with one attached hydrogen (secondary N) is 1. The van der Waals surface area contributed by atoms with Gasteiger partial charge >= 0.3 is 6.09 Å². The van der Waals surface area contributed by atoms with Gasteiger partial charge in [0.15, 0.2) is 0 Å². The molecule has 0 fully saturated rings. The SMILES string of the molecule is CCCN(SCNC(=O)O/N=C(\C)SC)P(=S)(OCC)OCC. The summed E-state index contributed by atoms with van der Waals surface area (Å²) in [5, 5.41) is 6.95. The average Bonchev–Trinajstić information content (AvgIpc) is 2.52. The van der Waals surface area contributed by atoms with Gasteiger partial charge in [0, 0.05) is 6.54 Å². The number of rotatable bonds is 11. The predicted molar refractivity (Wildman–Crippen MR) is 103 cm³/mol. The summed E-state index contributed by atoms with van der Waals surface area (Å²) < 4.78 is 13.3. The molecule has 0 aliphatic heterocycles. The summed E-state index contributed by atoms with van der Waals surface area (Å²) in [5.74, 6) is 0.297. The lowest BCUT2D eigenvalue weighted by molar-refractivity contribution is 0.153. The van der Waals surface area contributed by atoms with E-state index in [1.807, 2.05) is 31.1 Å². The van der Waals surface area contributed by atoms with Gasteiger partial charge in [0.25, 0.3) is 6.64 Å². The third kappa shape index (κ3) is 9.91. The molecule has 0 aliphatic rings. The summed E-state index contributed by atoms with van der Waals surface area (Å²) in [6, 6.07) is 0. The third-order valence-corrected chi connectivity index (χ3v) is 8.12. The normalized spacial score (nSPS) is 12.5. The van der Waals surface area contributed by atoms with Crippen molar-refractivity contribution in [2.24, 2.45) is 5.16 Å². The Kier molecular flexibility index (Phi) is 13.6. The molecule has 0 saturated carbocycles. The van der Waals surface area contributed by atoms with Crippen LogP contribution in [0.2, 0.25) is 0 Å². The molecule has 0 rings (SSSR count). The van der Waals surface area contributed by atoms with Crippen LogP contribution < -0.4 is 5.32 Å². The van der Waals surface area contributed by atoms with Crippen LogP contribution in [0.5, 0.6) is 0 Å². The van der Waals surface area contributed by atoms with E-state index in [0.29, 0.717) is 30.7 Å². The summed E-state index contributed by atoms with van der Waals surface area (Å²) in [7, 11) is 0. The lowest BCUT2D eigenvalue weighted by Crippen LogP contribution is -2.26. The monoisotopic (exact) mass is 403 g/mol. The second-order valence-electron chi connectivity index (χ2n) is 4.02. The van der Waals surface area contributed by atoms with Crippen molar-refractivity contribution in [2.75, 3.05) is 31.9 Å². The minimum absolute atomic E-state index is 0.297. The van der Waals surface area contributed by atoms with Crippen LogP contribution >= 0.6 is 30.4 Å². The highest BCUT2D eigenvalue weighted by atomic mass is 32.5. The van der Waals surface area contributed by atoms with Crippen LogP contribution in [-0.2, 0) is 25.7 Å².